The smallest absolute Gasteiger partial charge is 0.335 e. The molecule has 7 heteroatoms. The Kier molecular flexibility index (Phi) is 7.93. The Morgan fingerprint density at radius 2 is 1.42 bits per heavy atom. The Hall–Kier alpha value is -4.65. The summed E-state index contributed by atoms with van der Waals surface area (Å²) in [6.07, 6.45) is 1.79. The van der Waals surface area contributed by atoms with Crippen molar-refractivity contribution in [2.24, 2.45) is 0 Å². The van der Waals surface area contributed by atoms with Gasteiger partial charge in [0, 0.05) is 18.1 Å². The molecule has 3 aromatic carbocycles. The summed E-state index contributed by atoms with van der Waals surface area (Å²) in [7, 11) is 0. The van der Waals surface area contributed by atoms with Crippen molar-refractivity contribution < 1.29 is 24.3 Å². The van der Waals surface area contributed by atoms with Gasteiger partial charge in [0.1, 0.15) is 13.2 Å². The highest BCUT2D eigenvalue weighted by Crippen LogP contribution is 2.14. The number of ketones is 1. The molecule has 0 atom stereocenters. The van der Waals surface area contributed by atoms with Gasteiger partial charge in [-0.3, -0.25) is 9.59 Å². The molecule has 1 aromatic heterocycles. The number of carbonyl (C=O) groups excluding carboxylic acids is 1. The number of rotatable bonds is 11. The van der Waals surface area contributed by atoms with Gasteiger partial charge in [-0.15, -0.1) is 0 Å². The van der Waals surface area contributed by atoms with E-state index in [0.717, 1.165) is 11.1 Å². The maximum absolute atomic E-state index is 12.8. The Balaban J connectivity index is 1.53. The molecule has 0 amide bonds. The first kappa shape index (κ1) is 24.5. The summed E-state index contributed by atoms with van der Waals surface area (Å²) in [4.78, 5) is 42.7. The summed E-state index contributed by atoms with van der Waals surface area (Å²) in [5.41, 5.74) is 2.40. The molecule has 4 rings (SSSR count). The summed E-state index contributed by atoms with van der Waals surface area (Å²) in [5.74, 6) is -1.19. The summed E-state index contributed by atoms with van der Waals surface area (Å²) in [5, 5.41) is 9.18. The molecular weight excluding hydrogens is 458 g/mol. The van der Waals surface area contributed by atoms with Gasteiger partial charge in [0.25, 0.3) is 0 Å². The molecule has 0 bridgehead atoms. The largest absolute Gasteiger partial charge is 0.483 e. The second-order valence-corrected chi connectivity index (χ2v) is 8.16. The zero-order chi connectivity index (χ0) is 25.3. The van der Waals surface area contributed by atoms with Crippen molar-refractivity contribution in [2.75, 3.05) is 0 Å². The average molecular weight is 484 g/mol. The van der Waals surface area contributed by atoms with Crippen LogP contribution in [0.4, 0.5) is 0 Å². The Bertz CT molecular complexity index is 1400. The minimum atomic E-state index is -1.10. The number of aryl methyl sites for hydroxylation is 1. The number of Topliss-reactive ketones (excluding diaryl/α,β-unsaturated/α-hetero) is 1. The van der Waals surface area contributed by atoms with E-state index in [1.807, 2.05) is 60.7 Å². The minimum absolute atomic E-state index is 0.0453. The van der Waals surface area contributed by atoms with E-state index in [0.29, 0.717) is 11.3 Å². The molecule has 1 heterocycles. The first-order valence-corrected chi connectivity index (χ1v) is 11.5. The highest BCUT2D eigenvalue weighted by atomic mass is 16.7. The van der Waals surface area contributed by atoms with Gasteiger partial charge in [-0.2, -0.15) is 4.73 Å². The van der Waals surface area contributed by atoms with Gasteiger partial charge in [0.2, 0.25) is 5.43 Å². The molecule has 7 nitrogen and oxygen atoms in total. The molecule has 4 aromatic rings. The van der Waals surface area contributed by atoms with Gasteiger partial charge in [0.15, 0.2) is 11.5 Å². The minimum Gasteiger partial charge on any atom is -0.483 e. The third kappa shape index (κ3) is 6.48. The van der Waals surface area contributed by atoms with E-state index in [1.54, 1.807) is 6.07 Å². The second-order valence-electron chi connectivity index (χ2n) is 8.16. The van der Waals surface area contributed by atoms with E-state index < -0.39 is 5.97 Å². The molecule has 0 aliphatic rings. The van der Waals surface area contributed by atoms with Gasteiger partial charge in [-0.05, 0) is 29.7 Å². The van der Waals surface area contributed by atoms with Crippen LogP contribution in [0.5, 0.6) is 5.75 Å². The van der Waals surface area contributed by atoms with Crippen molar-refractivity contribution in [3.63, 3.8) is 0 Å². The number of aromatic nitrogens is 1. The van der Waals surface area contributed by atoms with Crippen LogP contribution < -0.4 is 15.0 Å². The van der Waals surface area contributed by atoms with E-state index in [4.69, 9.17) is 9.57 Å². The third-order valence-electron chi connectivity index (χ3n) is 5.55. The zero-order valence-electron chi connectivity index (χ0n) is 19.5. The van der Waals surface area contributed by atoms with Crippen LogP contribution in [0.1, 0.15) is 44.0 Å². The zero-order valence-corrected chi connectivity index (χ0v) is 19.5. The van der Waals surface area contributed by atoms with Crippen molar-refractivity contribution in [3.05, 3.63) is 135 Å². The number of hydrogen-bond acceptors (Lipinski definition) is 5. The number of carbonyl (C=O) groups is 2. The molecule has 0 fully saturated rings. The lowest BCUT2D eigenvalue weighted by Gasteiger charge is -2.16. The number of benzene rings is 3. The van der Waals surface area contributed by atoms with Crippen LogP contribution in [0.15, 0.2) is 102 Å². The quantitative estimate of drug-likeness (QED) is 0.314. The lowest BCUT2D eigenvalue weighted by molar-refractivity contribution is 0.0697. The molecule has 182 valence electrons. The molecular formula is C29H25NO6. The molecule has 0 saturated heterocycles. The van der Waals surface area contributed by atoms with Crippen LogP contribution in [-0.2, 0) is 19.6 Å². The first-order valence-electron chi connectivity index (χ1n) is 11.5. The van der Waals surface area contributed by atoms with Crippen LogP contribution in [0, 0.1) is 0 Å². The number of pyridine rings is 1. The fourth-order valence-corrected chi connectivity index (χ4v) is 3.62. The van der Waals surface area contributed by atoms with Gasteiger partial charge in [-0.25, -0.2) is 4.79 Å². The van der Waals surface area contributed by atoms with Gasteiger partial charge < -0.3 is 14.7 Å². The standard InChI is InChI=1S/C29H25NO6/c31-26(23-12-7-13-24(16-23)29(33)34)15-14-25-17-27(32)28(35-19-21-8-3-1-4-9-21)18-30(25)36-20-22-10-5-2-6-11-22/h1-13,16-18H,14-15,19-20H2,(H,33,34). The molecule has 1 N–H and O–H groups in total. The summed E-state index contributed by atoms with van der Waals surface area (Å²) < 4.78 is 7.23. The van der Waals surface area contributed by atoms with Gasteiger partial charge >= 0.3 is 5.97 Å². The van der Waals surface area contributed by atoms with Crippen LogP contribution in [0.25, 0.3) is 0 Å². The lowest BCUT2D eigenvalue weighted by atomic mass is 10.0. The van der Waals surface area contributed by atoms with Crippen LogP contribution in [0.3, 0.4) is 0 Å². The first-order chi connectivity index (χ1) is 17.5. The van der Waals surface area contributed by atoms with E-state index >= 15 is 0 Å². The monoisotopic (exact) mass is 483 g/mol. The Morgan fingerprint density at radius 3 is 2.08 bits per heavy atom. The van der Waals surface area contributed by atoms with E-state index in [-0.39, 0.29) is 48.6 Å². The van der Waals surface area contributed by atoms with Crippen LogP contribution >= 0.6 is 0 Å². The van der Waals surface area contributed by atoms with E-state index in [2.05, 4.69) is 0 Å². The van der Waals surface area contributed by atoms with Crippen molar-refractivity contribution in [2.45, 2.75) is 26.1 Å². The van der Waals surface area contributed by atoms with E-state index in [9.17, 15) is 19.5 Å². The fraction of sp³-hybridized carbons (Fsp3) is 0.138. The predicted octanol–water partition coefficient (Wildman–Crippen LogP) is 4.57. The van der Waals surface area contributed by atoms with Gasteiger partial charge in [0.05, 0.1) is 17.5 Å². The maximum Gasteiger partial charge on any atom is 0.335 e. The van der Waals surface area contributed by atoms with Crippen molar-refractivity contribution in [1.82, 2.24) is 4.73 Å². The van der Waals surface area contributed by atoms with Gasteiger partial charge in [-0.1, -0.05) is 72.8 Å². The predicted molar refractivity (Wildman–Crippen MR) is 134 cm³/mol. The van der Waals surface area contributed by atoms with E-state index in [1.165, 1.54) is 35.2 Å². The molecule has 0 aliphatic heterocycles. The molecule has 0 radical (unpaired) electrons. The van der Waals surface area contributed by atoms with Crippen molar-refractivity contribution >= 4 is 11.8 Å². The molecule has 0 spiro atoms. The fourth-order valence-electron chi connectivity index (χ4n) is 3.62. The number of nitrogens with zero attached hydrogens (tertiary/aromatic N) is 1. The summed E-state index contributed by atoms with van der Waals surface area (Å²) >= 11 is 0. The average Bonchev–Trinajstić information content (AvgIpc) is 2.91. The van der Waals surface area contributed by atoms with Crippen LogP contribution in [-0.4, -0.2) is 21.6 Å². The topological polar surface area (TPSA) is 94.8 Å². The normalized spacial score (nSPS) is 10.6. The Morgan fingerprint density at radius 1 is 0.778 bits per heavy atom. The van der Waals surface area contributed by atoms with Crippen LogP contribution in [0.2, 0.25) is 0 Å². The molecule has 0 aliphatic carbocycles. The number of carboxylic acids is 1. The maximum atomic E-state index is 12.8. The number of ether oxygens (including phenoxy) is 1. The summed E-state index contributed by atoms with van der Waals surface area (Å²) in [6.45, 7) is 0.482. The molecule has 0 saturated carbocycles. The van der Waals surface area contributed by atoms with Crippen molar-refractivity contribution in [1.29, 1.82) is 0 Å². The Labute approximate surface area is 208 Å². The number of aromatic carboxylic acids is 1. The summed E-state index contributed by atoms with van der Waals surface area (Å²) in [6, 6.07) is 26.4. The highest BCUT2D eigenvalue weighted by Gasteiger charge is 2.14. The molecule has 0 unspecified atom stereocenters. The molecule has 36 heavy (non-hydrogen) atoms. The number of carboxylic acid groups (broad SMARTS) is 1. The van der Waals surface area contributed by atoms with Crippen molar-refractivity contribution in [3.8, 4) is 5.75 Å². The lowest BCUT2D eigenvalue weighted by Crippen LogP contribution is -2.21. The SMILES string of the molecule is O=C(O)c1cccc(C(=O)CCc2cc(=O)c(OCc3ccccc3)cn2OCc2ccccc2)c1. The third-order valence-corrected chi connectivity index (χ3v) is 5.55. The highest BCUT2D eigenvalue weighted by molar-refractivity contribution is 5.98. The second kappa shape index (κ2) is 11.7. The number of hydrogen-bond donors (Lipinski definition) is 1.